The van der Waals surface area contributed by atoms with Gasteiger partial charge >= 0.3 is 5.56 Å². The molecule has 1 heterocycles. The van der Waals surface area contributed by atoms with Crippen molar-refractivity contribution in [3.8, 4) is 17.2 Å². The van der Waals surface area contributed by atoms with Crippen LogP contribution in [0.3, 0.4) is 0 Å². The van der Waals surface area contributed by atoms with Gasteiger partial charge < -0.3 is 9.47 Å². The van der Waals surface area contributed by atoms with Crippen LogP contribution in [-0.4, -0.2) is 10.2 Å². The van der Waals surface area contributed by atoms with Crippen molar-refractivity contribution in [1.29, 1.82) is 0 Å². The molecule has 0 radical (unpaired) electrons. The summed E-state index contributed by atoms with van der Waals surface area (Å²) in [5, 5.41) is 4.86. The van der Waals surface area contributed by atoms with Crippen molar-refractivity contribution >= 4 is 0 Å². The molecule has 2 N–H and O–H groups in total. The largest absolute Gasteiger partial charge is 0.487 e. The number of hydrogen-bond acceptors (Lipinski definition) is 4. The minimum atomic E-state index is -0.688. The van der Waals surface area contributed by atoms with Crippen molar-refractivity contribution < 1.29 is 9.47 Å². The number of benzene rings is 2. The Morgan fingerprint density at radius 1 is 0.783 bits per heavy atom. The first-order valence-electron chi connectivity index (χ1n) is 6.97. The van der Waals surface area contributed by atoms with Crippen LogP contribution in [0.2, 0.25) is 0 Å². The number of aromatic nitrogens is 2. The highest BCUT2D eigenvalue weighted by atomic mass is 16.5. The maximum atomic E-state index is 11.3. The Kier molecular flexibility index (Phi) is 4.24. The predicted octanol–water partition coefficient (Wildman–Crippen LogP) is 2.43. The summed E-state index contributed by atoms with van der Waals surface area (Å²) in [7, 11) is 0. The minimum absolute atomic E-state index is 0.126. The lowest BCUT2D eigenvalue weighted by Crippen LogP contribution is -2.28. The van der Waals surface area contributed by atoms with Gasteiger partial charge in [-0.2, -0.15) is 0 Å². The Labute approximate surface area is 131 Å². The minimum Gasteiger partial charge on any atom is -0.487 e. The Bertz CT molecular complexity index is 900. The van der Waals surface area contributed by atoms with Crippen LogP contribution >= 0.6 is 0 Å². The molecule has 0 amide bonds. The van der Waals surface area contributed by atoms with E-state index in [0.29, 0.717) is 17.2 Å². The van der Waals surface area contributed by atoms with Gasteiger partial charge in [-0.25, -0.2) is 0 Å². The number of nitrogens with one attached hydrogen (secondary N) is 2. The lowest BCUT2D eigenvalue weighted by molar-refractivity contribution is 0.298. The number of ether oxygens (including phenoxy) is 2. The van der Waals surface area contributed by atoms with E-state index in [1.165, 1.54) is 6.07 Å². The van der Waals surface area contributed by atoms with Gasteiger partial charge in [-0.1, -0.05) is 24.3 Å². The van der Waals surface area contributed by atoms with Crippen molar-refractivity contribution in [2.24, 2.45) is 0 Å². The highest BCUT2D eigenvalue weighted by Crippen LogP contribution is 2.25. The highest BCUT2D eigenvalue weighted by Gasteiger charge is 2.02. The van der Waals surface area contributed by atoms with E-state index in [1.807, 2.05) is 42.5 Å². The van der Waals surface area contributed by atoms with Crippen molar-refractivity contribution in [3.63, 3.8) is 0 Å². The van der Waals surface area contributed by atoms with Crippen LogP contribution < -0.4 is 20.5 Å². The van der Waals surface area contributed by atoms with Gasteiger partial charge in [0, 0.05) is 12.1 Å². The molecule has 0 unspecified atom stereocenters. The predicted molar refractivity (Wildman–Crippen MR) is 85.0 cm³/mol. The Balaban J connectivity index is 1.69. The van der Waals surface area contributed by atoms with Gasteiger partial charge in [0.05, 0.1) is 5.69 Å². The molecule has 2 aromatic carbocycles. The molecule has 116 valence electrons. The molecule has 0 fully saturated rings. The third kappa shape index (κ3) is 3.88. The fourth-order valence-corrected chi connectivity index (χ4v) is 1.95. The zero-order chi connectivity index (χ0) is 16.1. The van der Waals surface area contributed by atoms with Gasteiger partial charge in [0.15, 0.2) is 0 Å². The Morgan fingerprint density at radius 3 is 2.30 bits per heavy atom. The molecular formula is C17H14N2O4. The van der Waals surface area contributed by atoms with Gasteiger partial charge in [0.2, 0.25) is 5.43 Å². The summed E-state index contributed by atoms with van der Waals surface area (Å²) in [6.07, 6.45) is 0. The van der Waals surface area contributed by atoms with Crippen molar-refractivity contribution in [2.75, 3.05) is 0 Å². The quantitative estimate of drug-likeness (QED) is 0.709. The molecule has 3 rings (SSSR count). The molecule has 0 atom stereocenters. The topological polar surface area (TPSA) is 84.2 Å². The van der Waals surface area contributed by atoms with Crippen molar-refractivity contribution in [3.05, 3.63) is 86.9 Å². The number of aromatic amines is 2. The number of H-pyrrole nitrogens is 2. The van der Waals surface area contributed by atoms with Crippen LogP contribution in [-0.2, 0) is 6.61 Å². The van der Waals surface area contributed by atoms with Crippen LogP contribution in [0, 0.1) is 0 Å². The second kappa shape index (κ2) is 6.65. The van der Waals surface area contributed by atoms with E-state index >= 15 is 0 Å². The second-order valence-corrected chi connectivity index (χ2v) is 4.79. The lowest BCUT2D eigenvalue weighted by Gasteiger charge is -2.09. The fourth-order valence-electron chi connectivity index (χ4n) is 1.95. The first kappa shape index (κ1) is 14.6. The molecular weight excluding hydrogens is 296 g/mol. The molecule has 6 nitrogen and oxygen atoms in total. The molecule has 3 aromatic rings. The van der Waals surface area contributed by atoms with E-state index in [2.05, 4.69) is 10.2 Å². The summed E-state index contributed by atoms with van der Waals surface area (Å²) < 4.78 is 11.3. The Hall–Kier alpha value is -3.28. The third-order valence-corrected chi connectivity index (χ3v) is 3.04. The monoisotopic (exact) mass is 310 g/mol. The number of rotatable bonds is 5. The fraction of sp³-hybridized carbons (Fsp3) is 0.0588. The van der Waals surface area contributed by atoms with Crippen LogP contribution in [0.5, 0.6) is 17.2 Å². The SMILES string of the molecule is O=c1cc(COc2cccc(Oc3ccccc3)c2)[nH][nH]c1=O. The normalized spacial score (nSPS) is 10.3. The second-order valence-electron chi connectivity index (χ2n) is 4.79. The van der Waals surface area contributed by atoms with E-state index in [9.17, 15) is 9.59 Å². The van der Waals surface area contributed by atoms with Crippen LogP contribution in [0.1, 0.15) is 5.69 Å². The molecule has 0 bridgehead atoms. The van der Waals surface area contributed by atoms with E-state index < -0.39 is 11.0 Å². The summed E-state index contributed by atoms with van der Waals surface area (Å²) in [5.41, 5.74) is -0.820. The maximum Gasteiger partial charge on any atom is 0.310 e. The zero-order valence-electron chi connectivity index (χ0n) is 12.1. The smallest absolute Gasteiger partial charge is 0.310 e. The molecule has 0 saturated heterocycles. The zero-order valence-corrected chi connectivity index (χ0v) is 12.1. The third-order valence-electron chi connectivity index (χ3n) is 3.04. The van der Waals surface area contributed by atoms with Crippen LogP contribution in [0.25, 0.3) is 0 Å². The average molecular weight is 310 g/mol. The van der Waals surface area contributed by atoms with E-state index in [4.69, 9.17) is 9.47 Å². The van der Waals surface area contributed by atoms with Crippen LogP contribution in [0.4, 0.5) is 0 Å². The maximum absolute atomic E-state index is 11.3. The molecule has 1 aromatic heterocycles. The van der Waals surface area contributed by atoms with Crippen LogP contribution in [0.15, 0.2) is 70.3 Å². The van der Waals surface area contributed by atoms with Gasteiger partial charge in [0.1, 0.15) is 23.9 Å². The summed E-state index contributed by atoms with van der Waals surface area (Å²) in [6.45, 7) is 0.126. The molecule has 6 heteroatoms. The van der Waals surface area contributed by atoms with Gasteiger partial charge in [-0.15, -0.1) is 0 Å². The van der Waals surface area contributed by atoms with Gasteiger partial charge in [-0.05, 0) is 24.3 Å². The summed E-state index contributed by atoms with van der Waals surface area (Å²) in [4.78, 5) is 22.3. The first-order chi connectivity index (χ1) is 11.2. The molecule has 23 heavy (non-hydrogen) atoms. The van der Waals surface area contributed by atoms with Crippen molar-refractivity contribution in [1.82, 2.24) is 10.2 Å². The average Bonchev–Trinajstić information content (AvgIpc) is 2.57. The molecule has 0 saturated carbocycles. The van der Waals surface area contributed by atoms with Gasteiger partial charge in [0.25, 0.3) is 0 Å². The summed E-state index contributed by atoms with van der Waals surface area (Å²) >= 11 is 0. The van der Waals surface area contributed by atoms with E-state index in [1.54, 1.807) is 12.1 Å². The lowest BCUT2D eigenvalue weighted by atomic mass is 10.3. The summed E-state index contributed by atoms with van der Waals surface area (Å²) in [6, 6.07) is 17.8. The number of hydrogen-bond donors (Lipinski definition) is 2. The molecule has 0 aliphatic carbocycles. The van der Waals surface area contributed by atoms with Crippen molar-refractivity contribution in [2.45, 2.75) is 6.61 Å². The van der Waals surface area contributed by atoms with E-state index in [-0.39, 0.29) is 6.61 Å². The van der Waals surface area contributed by atoms with Gasteiger partial charge in [-0.3, -0.25) is 19.8 Å². The number of para-hydroxylation sites is 1. The first-order valence-corrected chi connectivity index (χ1v) is 6.97. The van der Waals surface area contributed by atoms with E-state index in [0.717, 1.165) is 5.75 Å². The molecule has 0 aliphatic heterocycles. The Morgan fingerprint density at radius 2 is 1.52 bits per heavy atom. The standard InChI is InChI=1S/C17H14N2O4/c20-16-9-12(18-19-17(16)21)11-22-14-7-4-8-15(10-14)23-13-5-2-1-3-6-13/h1-10H,11H2,(H,18,20)(H,19,21). The highest BCUT2D eigenvalue weighted by molar-refractivity contribution is 5.36. The summed E-state index contributed by atoms with van der Waals surface area (Å²) in [5.74, 6) is 1.96. The molecule has 0 aliphatic rings. The molecule has 0 spiro atoms.